The molecule has 1 aliphatic carbocycles. The Morgan fingerprint density at radius 1 is 1.12 bits per heavy atom. The first-order valence-electron chi connectivity index (χ1n) is 5.47. The van der Waals surface area contributed by atoms with Crippen LogP contribution in [0.5, 0.6) is 0 Å². The van der Waals surface area contributed by atoms with Gasteiger partial charge >= 0.3 is 0 Å². The number of para-hydroxylation sites is 1. The number of amides is 1. The van der Waals surface area contributed by atoms with Crippen molar-refractivity contribution >= 4 is 17.4 Å². The molecule has 3 heteroatoms. The number of carbonyl (C=O) groups excluding carboxylic acids is 2. The van der Waals surface area contributed by atoms with Crippen LogP contribution in [0.25, 0.3) is 0 Å². The molecule has 0 aromatic heterocycles. The third kappa shape index (κ3) is 1.03. The Labute approximate surface area is 93.8 Å². The summed E-state index contributed by atoms with van der Waals surface area (Å²) >= 11 is 0. The summed E-state index contributed by atoms with van der Waals surface area (Å²) in [4.78, 5) is 23.5. The van der Waals surface area contributed by atoms with E-state index >= 15 is 0 Å². The molecule has 1 fully saturated rings. The number of carbonyl (C=O) groups is 2. The van der Waals surface area contributed by atoms with Crippen molar-refractivity contribution in [1.29, 1.82) is 0 Å². The predicted octanol–water partition coefficient (Wildman–Crippen LogP) is 1.95. The van der Waals surface area contributed by atoms with Crippen LogP contribution in [0.2, 0.25) is 0 Å². The molecule has 2 aliphatic rings. The third-order valence-corrected chi connectivity index (χ3v) is 3.88. The molecule has 3 rings (SSSR count). The summed E-state index contributed by atoms with van der Waals surface area (Å²) < 4.78 is 0. The van der Waals surface area contributed by atoms with Gasteiger partial charge in [0.15, 0.2) is 0 Å². The van der Waals surface area contributed by atoms with Gasteiger partial charge in [-0.25, -0.2) is 0 Å². The lowest BCUT2D eigenvalue weighted by Crippen LogP contribution is -2.25. The highest BCUT2D eigenvalue weighted by atomic mass is 16.2. The van der Waals surface area contributed by atoms with Crippen LogP contribution in [0.15, 0.2) is 24.3 Å². The number of ketones is 1. The minimum absolute atomic E-state index is 0.0784. The molecule has 1 saturated carbocycles. The van der Waals surface area contributed by atoms with Crippen LogP contribution >= 0.6 is 0 Å². The van der Waals surface area contributed by atoms with Crippen molar-refractivity contribution in [2.24, 2.45) is 11.3 Å². The average Bonchev–Trinajstić information content (AvgIpc) is 2.83. The first-order valence-corrected chi connectivity index (χ1v) is 5.47. The second-order valence-electron chi connectivity index (χ2n) is 5.18. The van der Waals surface area contributed by atoms with Gasteiger partial charge in [-0.1, -0.05) is 32.0 Å². The van der Waals surface area contributed by atoms with Gasteiger partial charge in [-0.3, -0.25) is 9.59 Å². The van der Waals surface area contributed by atoms with Crippen molar-refractivity contribution in [3.63, 3.8) is 0 Å². The van der Waals surface area contributed by atoms with Gasteiger partial charge in [-0.05, 0) is 17.0 Å². The summed E-state index contributed by atoms with van der Waals surface area (Å²) in [6.45, 7) is 4.10. The Bertz CT molecular complexity index is 504. The highest BCUT2D eigenvalue weighted by Crippen LogP contribution is 2.66. The van der Waals surface area contributed by atoms with Crippen LogP contribution < -0.4 is 5.32 Å². The lowest BCUT2D eigenvalue weighted by molar-refractivity contribution is -0.136. The first-order chi connectivity index (χ1) is 7.53. The van der Waals surface area contributed by atoms with E-state index in [9.17, 15) is 9.59 Å². The van der Waals surface area contributed by atoms with E-state index in [1.165, 1.54) is 0 Å². The zero-order valence-corrected chi connectivity index (χ0v) is 9.28. The van der Waals surface area contributed by atoms with E-state index in [4.69, 9.17) is 0 Å². The van der Waals surface area contributed by atoms with Crippen molar-refractivity contribution < 1.29 is 9.59 Å². The number of hydrogen-bond donors (Lipinski definition) is 1. The molecule has 1 aromatic carbocycles. The van der Waals surface area contributed by atoms with Gasteiger partial charge in [0.1, 0.15) is 0 Å². The molecule has 1 amide bonds. The van der Waals surface area contributed by atoms with Gasteiger partial charge in [-0.15, -0.1) is 0 Å². The molecule has 2 unspecified atom stereocenters. The van der Waals surface area contributed by atoms with Gasteiger partial charge in [-0.2, -0.15) is 0 Å². The van der Waals surface area contributed by atoms with Crippen molar-refractivity contribution in [3.8, 4) is 0 Å². The zero-order chi connectivity index (χ0) is 11.5. The van der Waals surface area contributed by atoms with E-state index in [1.54, 1.807) is 0 Å². The fourth-order valence-electron chi connectivity index (χ4n) is 2.91. The van der Waals surface area contributed by atoms with Crippen LogP contribution in [0.1, 0.15) is 25.3 Å². The van der Waals surface area contributed by atoms with Gasteiger partial charge in [0.2, 0.25) is 5.78 Å². The maximum Gasteiger partial charge on any atom is 0.292 e. The van der Waals surface area contributed by atoms with Crippen LogP contribution in [-0.2, 0) is 9.59 Å². The predicted molar refractivity (Wildman–Crippen MR) is 60.1 cm³/mol. The number of Topliss-reactive ketones (excluding diaryl/α,β-unsaturated/α-hetero) is 1. The number of anilines is 1. The molecular weight excluding hydrogens is 202 g/mol. The normalized spacial score (nSPS) is 29.9. The molecule has 0 saturated heterocycles. The topological polar surface area (TPSA) is 46.2 Å². The van der Waals surface area contributed by atoms with Gasteiger partial charge in [0.05, 0.1) is 0 Å². The van der Waals surface area contributed by atoms with E-state index in [0.29, 0.717) is 0 Å². The number of nitrogens with one attached hydrogen (secondary N) is 1. The lowest BCUT2D eigenvalue weighted by Gasteiger charge is -2.11. The van der Waals surface area contributed by atoms with Crippen LogP contribution in [0, 0.1) is 11.3 Å². The average molecular weight is 215 g/mol. The molecule has 0 bridgehead atoms. The lowest BCUT2D eigenvalue weighted by atomic mass is 10.0. The molecule has 82 valence electrons. The molecule has 1 aliphatic heterocycles. The van der Waals surface area contributed by atoms with E-state index in [-0.39, 0.29) is 23.0 Å². The maximum absolute atomic E-state index is 11.9. The van der Waals surface area contributed by atoms with Crippen molar-refractivity contribution in [1.82, 2.24) is 0 Å². The van der Waals surface area contributed by atoms with Gasteiger partial charge < -0.3 is 5.32 Å². The molecule has 0 spiro atoms. The summed E-state index contributed by atoms with van der Waals surface area (Å²) in [5.74, 6) is -0.692. The molecule has 16 heavy (non-hydrogen) atoms. The third-order valence-electron chi connectivity index (χ3n) is 3.88. The quantitative estimate of drug-likeness (QED) is 0.672. The molecule has 1 N–H and O–H groups in total. The fourth-order valence-corrected chi connectivity index (χ4v) is 2.91. The number of fused-ring (bicyclic) bond motifs is 3. The standard InChI is InChI=1S/C13H13NO2/c1-13(2)9-7-5-3-4-6-8(7)14-12(16)11(15)10(9)13/h3-6,9-10H,1-2H3,(H,14,16). The molecule has 1 heterocycles. The molecule has 2 atom stereocenters. The smallest absolute Gasteiger partial charge is 0.292 e. The number of hydrogen-bond acceptors (Lipinski definition) is 2. The monoisotopic (exact) mass is 215 g/mol. The largest absolute Gasteiger partial charge is 0.319 e. The number of rotatable bonds is 0. The van der Waals surface area contributed by atoms with Gasteiger partial charge in [0.25, 0.3) is 5.91 Å². The Morgan fingerprint density at radius 3 is 2.56 bits per heavy atom. The highest BCUT2D eigenvalue weighted by Gasteiger charge is 2.64. The van der Waals surface area contributed by atoms with Crippen molar-refractivity contribution in [2.45, 2.75) is 19.8 Å². The number of benzene rings is 1. The van der Waals surface area contributed by atoms with E-state index < -0.39 is 5.91 Å². The Morgan fingerprint density at radius 2 is 1.81 bits per heavy atom. The maximum atomic E-state index is 11.9. The zero-order valence-electron chi connectivity index (χ0n) is 9.28. The molecule has 3 nitrogen and oxygen atoms in total. The second-order valence-corrected chi connectivity index (χ2v) is 5.18. The summed E-state index contributed by atoms with van der Waals surface area (Å²) in [6, 6.07) is 7.68. The fraction of sp³-hybridized carbons (Fsp3) is 0.385. The Hall–Kier alpha value is -1.64. The van der Waals surface area contributed by atoms with Crippen LogP contribution in [0.3, 0.4) is 0 Å². The second kappa shape index (κ2) is 2.73. The van der Waals surface area contributed by atoms with Crippen LogP contribution in [-0.4, -0.2) is 11.7 Å². The summed E-state index contributed by atoms with van der Waals surface area (Å²) in [7, 11) is 0. The van der Waals surface area contributed by atoms with Crippen molar-refractivity contribution in [3.05, 3.63) is 29.8 Å². The van der Waals surface area contributed by atoms with Crippen molar-refractivity contribution in [2.75, 3.05) is 5.32 Å². The van der Waals surface area contributed by atoms with Gasteiger partial charge in [0, 0.05) is 17.5 Å². The van der Waals surface area contributed by atoms with E-state index in [0.717, 1.165) is 11.3 Å². The Kier molecular flexibility index (Phi) is 1.63. The molecular formula is C13H13NO2. The van der Waals surface area contributed by atoms with E-state index in [1.807, 2.05) is 24.3 Å². The first kappa shape index (κ1) is 9.58. The minimum atomic E-state index is -0.467. The summed E-state index contributed by atoms with van der Waals surface area (Å²) in [5, 5.41) is 2.68. The highest BCUT2D eigenvalue weighted by molar-refractivity contribution is 6.43. The summed E-state index contributed by atoms with van der Waals surface area (Å²) in [5.41, 5.74) is 1.81. The molecule has 1 aromatic rings. The SMILES string of the molecule is CC1(C)C2C(=O)C(=O)Nc3ccccc3C21. The van der Waals surface area contributed by atoms with Crippen LogP contribution in [0.4, 0.5) is 5.69 Å². The summed E-state index contributed by atoms with van der Waals surface area (Å²) in [6.07, 6.45) is 0. The molecule has 0 radical (unpaired) electrons. The Balaban J connectivity index is 2.18. The van der Waals surface area contributed by atoms with E-state index in [2.05, 4.69) is 19.2 Å². The minimum Gasteiger partial charge on any atom is -0.319 e.